The van der Waals surface area contributed by atoms with Crippen LogP contribution in [0.15, 0.2) is 48.5 Å². The number of hydrogen-bond donors (Lipinski definition) is 2. The Hall–Kier alpha value is -2.76. The number of amides is 2. The van der Waals surface area contributed by atoms with Gasteiger partial charge in [0.1, 0.15) is 5.82 Å². The molecule has 5 nitrogen and oxygen atoms in total. The first-order valence-corrected chi connectivity index (χ1v) is 8.95. The van der Waals surface area contributed by atoms with Crippen molar-refractivity contribution in [2.75, 3.05) is 41.3 Å². The number of hydrogen-bond acceptors (Lipinski definition) is 3. The van der Waals surface area contributed by atoms with E-state index in [1.807, 2.05) is 50.2 Å². The van der Waals surface area contributed by atoms with Gasteiger partial charge in [-0.2, -0.15) is 0 Å². The molecule has 0 aliphatic carbocycles. The van der Waals surface area contributed by atoms with Gasteiger partial charge in [-0.15, -0.1) is 0 Å². The van der Waals surface area contributed by atoms with Gasteiger partial charge in [-0.1, -0.05) is 12.1 Å². The lowest BCUT2D eigenvalue weighted by molar-refractivity contribution is 0.250. The summed E-state index contributed by atoms with van der Waals surface area (Å²) < 4.78 is 13.9. The van der Waals surface area contributed by atoms with E-state index < -0.39 is 0 Å². The molecule has 1 aliphatic rings. The van der Waals surface area contributed by atoms with Crippen LogP contribution in [-0.2, 0) is 0 Å². The number of benzene rings is 2. The van der Waals surface area contributed by atoms with Crippen LogP contribution in [0.5, 0.6) is 0 Å². The first kappa shape index (κ1) is 18.0. The summed E-state index contributed by atoms with van der Waals surface area (Å²) in [5.74, 6) is -0.170. The van der Waals surface area contributed by atoms with Crippen LogP contribution in [0.2, 0.25) is 0 Å². The van der Waals surface area contributed by atoms with Crippen molar-refractivity contribution in [1.29, 1.82) is 0 Å². The first-order chi connectivity index (χ1) is 12.5. The lowest BCUT2D eigenvalue weighted by Gasteiger charge is -2.37. The molecule has 0 unspecified atom stereocenters. The minimum atomic E-state index is -0.203. The lowest BCUT2D eigenvalue weighted by Crippen LogP contribution is -2.46. The molecule has 2 aromatic rings. The molecule has 1 fully saturated rings. The molecule has 138 valence electrons. The Balaban J connectivity index is 1.56. The van der Waals surface area contributed by atoms with Crippen LogP contribution in [0, 0.1) is 5.82 Å². The summed E-state index contributed by atoms with van der Waals surface area (Å²) >= 11 is 0. The van der Waals surface area contributed by atoms with Crippen molar-refractivity contribution in [2.24, 2.45) is 0 Å². The average molecular weight is 356 g/mol. The molecular formula is C20H25FN4O. The number of urea groups is 1. The fourth-order valence-corrected chi connectivity index (χ4v) is 3.10. The molecule has 1 saturated heterocycles. The summed E-state index contributed by atoms with van der Waals surface area (Å²) in [5.41, 5.74) is 2.53. The zero-order valence-electron chi connectivity index (χ0n) is 15.2. The fourth-order valence-electron chi connectivity index (χ4n) is 3.10. The summed E-state index contributed by atoms with van der Waals surface area (Å²) in [6.07, 6.45) is 0. The maximum atomic E-state index is 13.9. The normalized spacial score (nSPS) is 14.5. The van der Waals surface area contributed by atoms with Crippen LogP contribution in [0.4, 0.5) is 26.2 Å². The zero-order chi connectivity index (χ0) is 18.5. The third kappa shape index (κ3) is 4.45. The SMILES string of the molecule is CC(C)NC(=O)Nc1ccc(N2CCN(c3ccccc3F)CC2)cc1. The first-order valence-electron chi connectivity index (χ1n) is 8.95. The molecule has 3 rings (SSSR count). The van der Waals surface area contributed by atoms with Gasteiger partial charge in [-0.05, 0) is 50.2 Å². The predicted molar refractivity (Wildman–Crippen MR) is 105 cm³/mol. The minimum absolute atomic E-state index is 0.0972. The van der Waals surface area contributed by atoms with Gasteiger partial charge in [-0.25, -0.2) is 9.18 Å². The van der Waals surface area contributed by atoms with E-state index in [0.717, 1.165) is 37.6 Å². The van der Waals surface area contributed by atoms with E-state index in [-0.39, 0.29) is 17.9 Å². The molecular weight excluding hydrogens is 331 g/mol. The van der Waals surface area contributed by atoms with Gasteiger partial charge >= 0.3 is 6.03 Å². The number of anilines is 3. The van der Waals surface area contributed by atoms with Gasteiger partial charge in [0.15, 0.2) is 0 Å². The Morgan fingerprint density at radius 2 is 1.58 bits per heavy atom. The van der Waals surface area contributed by atoms with Crippen molar-refractivity contribution in [3.63, 3.8) is 0 Å². The zero-order valence-corrected chi connectivity index (χ0v) is 15.2. The molecule has 0 bridgehead atoms. The third-order valence-corrected chi connectivity index (χ3v) is 4.38. The van der Waals surface area contributed by atoms with Gasteiger partial charge in [0.25, 0.3) is 0 Å². The monoisotopic (exact) mass is 356 g/mol. The van der Waals surface area contributed by atoms with Crippen LogP contribution in [0.25, 0.3) is 0 Å². The van der Waals surface area contributed by atoms with E-state index in [1.165, 1.54) is 6.07 Å². The number of piperazine rings is 1. The molecule has 1 aliphatic heterocycles. The molecule has 2 aromatic carbocycles. The van der Waals surface area contributed by atoms with Crippen molar-refractivity contribution in [2.45, 2.75) is 19.9 Å². The standard InChI is InChI=1S/C20H25FN4O/c1-15(2)22-20(26)23-16-7-9-17(10-8-16)24-11-13-25(14-12-24)19-6-4-3-5-18(19)21/h3-10,15H,11-14H2,1-2H3,(H2,22,23,26). The second-order valence-electron chi connectivity index (χ2n) is 6.73. The molecule has 0 saturated carbocycles. The highest BCUT2D eigenvalue weighted by Gasteiger charge is 2.19. The molecule has 6 heteroatoms. The van der Waals surface area contributed by atoms with Gasteiger partial charge in [0.2, 0.25) is 0 Å². The summed E-state index contributed by atoms with van der Waals surface area (Å²) in [6, 6.07) is 14.6. The topological polar surface area (TPSA) is 47.6 Å². The highest BCUT2D eigenvalue weighted by Crippen LogP contribution is 2.23. The van der Waals surface area contributed by atoms with E-state index in [2.05, 4.69) is 20.4 Å². The highest BCUT2D eigenvalue weighted by molar-refractivity contribution is 5.89. The summed E-state index contributed by atoms with van der Waals surface area (Å²) in [7, 11) is 0. The van der Waals surface area contributed by atoms with Crippen molar-refractivity contribution < 1.29 is 9.18 Å². The van der Waals surface area contributed by atoms with E-state index in [9.17, 15) is 9.18 Å². The second-order valence-corrected chi connectivity index (χ2v) is 6.73. The van der Waals surface area contributed by atoms with Crippen LogP contribution in [0.1, 0.15) is 13.8 Å². The van der Waals surface area contributed by atoms with E-state index in [4.69, 9.17) is 0 Å². The van der Waals surface area contributed by atoms with Crippen LogP contribution in [-0.4, -0.2) is 38.3 Å². The lowest BCUT2D eigenvalue weighted by atomic mass is 10.2. The average Bonchev–Trinajstić information content (AvgIpc) is 2.62. The number of nitrogens with zero attached hydrogens (tertiary/aromatic N) is 2. The molecule has 0 spiro atoms. The van der Waals surface area contributed by atoms with Gasteiger partial charge in [-0.3, -0.25) is 0 Å². The molecule has 0 atom stereocenters. The quantitative estimate of drug-likeness (QED) is 0.878. The Labute approximate surface area is 153 Å². The smallest absolute Gasteiger partial charge is 0.319 e. The van der Waals surface area contributed by atoms with Crippen molar-refractivity contribution >= 4 is 23.1 Å². The molecule has 2 amide bonds. The second kappa shape index (κ2) is 8.08. The number of rotatable bonds is 4. The van der Waals surface area contributed by atoms with Crippen LogP contribution in [0.3, 0.4) is 0 Å². The number of nitrogens with one attached hydrogen (secondary N) is 2. The minimum Gasteiger partial charge on any atom is -0.368 e. The van der Waals surface area contributed by atoms with Crippen molar-refractivity contribution in [1.82, 2.24) is 5.32 Å². The number of halogens is 1. The van der Waals surface area contributed by atoms with E-state index in [1.54, 1.807) is 6.07 Å². The molecule has 0 aromatic heterocycles. The molecule has 26 heavy (non-hydrogen) atoms. The Bertz CT molecular complexity index is 740. The van der Waals surface area contributed by atoms with Gasteiger partial charge in [0.05, 0.1) is 5.69 Å². The predicted octanol–water partition coefficient (Wildman–Crippen LogP) is 3.68. The van der Waals surface area contributed by atoms with Crippen LogP contribution >= 0.6 is 0 Å². The molecule has 1 heterocycles. The summed E-state index contributed by atoms with van der Waals surface area (Å²) in [5, 5.41) is 5.62. The van der Waals surface area contributed by atoms with E-state index in [0.29, 0.717) is 5.69 Å². The fraction of sp³-hybridized carbons (Fsp3) is 0.350. The van der Waals surface area contributed by atoms with Gasteiger partial charge < -0.3 is 20.4 Å². The van der Waals surface area contributed by atoms with E-state index >= 15 is 0 Å². The summed E-state index contributed by atoms with van der Waals surface area (Å²) in [4.78, 5) is 16.1. The van der Waals surface area contributed by atoms with Crippen molar-refractivity contribution in [3.05, 3.63) is 54.3 Å². The maximum Gasteiger partial charge on any atom is 0.319 e. The molecule has 2 N–H and O–H groups in total. The number of carbonyl (C=O) groups is 1. The maximum absolute atomic E-state index is 13.9. The highest BCUT2D eigenvalue weighted by atomic mass is 19.1. The third-order valence-electron chi connectivity index (χ3n) is 4.38. The number of para-hydroxylation sites is 1. The van der Waals surface area contributed by atoms with Crippen molar-refractivity contribution in [3.8, 4) is 0 Å². The molecule has 0 radical (unpaired) electrons. The summed E-state index contributed by atoms with van der Waals surface area (Å²) in [6.45, 7) is 7.05. The largest absolute Gasteiger partial charge is 0.368 e. The number of carbonyl (C=O) groups excluding carboxylic acids is 1. The Kier molecular flexibility index (Phi) is 5.61. The van der Waals surface area contributed by atoms with Gasteiger partial charge in [0, 0.05) is 43.6 Å². The Morgan fingerprint density at radius 3 is 2.19 bits per heavy atom. The Morgan fingerprint density at radius 1 is 0.962 bits per heavy atom. The van der Waals surface area contributed by atoms with Crippen LogP contribution < -0.4 is 20.4 Å².